The Kier molecular flexibility index (Phi) is 9.54. The van der Waals surface area contributed by atoms with Crippen molar-refractivity contribution in [1.82, 2.24) is 10.6 Å². The number of nitrogens with zero attached hydrogens (tertiary/aromatic N) is 1. The van der Waals surface area contributed by atoms with E-state index in [1.807, 2.05) is 30.3 Å². The number of aliphatic imine (C=N–C) groups is 1. The zero-order chi connectivity index (χ0) is 17.7. The molecule has 0 amide bonds. The van der Waals surface area contributed by atoms with E-state index >= 15 is 0 Å². The summed E-state index contributed by atoms with van der Waals surface area (Å²) in [6, 6.07) is 9.52. The summed E-state index contributed by atoms with van der Waals surface area (Å²) < 4.78 is 23.1. The van der Waals surface area contributed by atoms with Crippen molar-refractivity contribution in [3.63, 3.8) is 0 Å². The lowest BCUT2D eigenvalue weighted by atomic mass is 10.1. The highest BCUT2D eigenvalue weighted by Crippen LogP contribution is 2.12. The fourth-order valence-corrected chi connectivity index (χ4v) is 3.50. The van der Waals surface area contributed by atoms with Crippen molar-refractivity contribution in [2.45, 2.75) is 17.7 Å². The van der Waals surface area contributed by atoms with E-state index in [9.17, 15) is 4.21 Å². The molecule has 6 nitrogen and oxygen atoms in total. The van der Waals surface area contributed by atoms with Crippen molar-refractivity contribution in [3.8, 4) is 0 Å². The van der Waals surface area contributed by atoms with E-state index in [1.165, 1.54) is 0 Å². The molecule has 1 aromatic rings. The predicted octanol–water partition coefficient (Wildman–Crippen LogP) is 1.40. The Bertz CT molecular complexity index is 534. The van der Waals surface area contributed by atoms with Gasteiger partial charge < -0.3 is 20.1 Å². The maximum atomic E-state index is 12.1. The van der Waals surface area contributed by atoms with E-state index in [0.717, 1.165) is 56.7 Å². The molecule has 1 aliphatic rings. The van der Waals surface area contributed by atoms with E-state index < -0.39 is 10.8 Å². The van der Waals surface area contributed by atoms with Gasteiger partial charge in [0.2, 0.25) is 0 Å². The number of ether oxygens (including phenoxy) is 2. The molecule has 1 aliphatic heterocycles. The van der Waals surface area contributed by atoms with Crippen molar-refractivity contribution < 1.29 is 13.7 Å². The first kappa shape index (κ1) is 19.9. The van der Waals surface area contributed by atoms with E-state index in [1.54, 1.807) is 7.05 Å². The molecule has 0 aliphatic carbocycles. The highest BCUT2D eigenvalue weighted by atomic mass is 32.2. The molecule has 0 radical (unpaired) electrons. The molecule has 0 saturated carbocycles. The van der Waals surface area contributed by atoms with Gasteiger partial charge in [0.05, 0.1) is 24.0 Å². The van der Waals surface area contributed by atoms with Crippen molar-refractivity contribution in [2.75, 3.05) is 52.3 Å². The average Bonchev–Trinajstić information content (AvgIpc) is 3.17. The van der Waals surface area contributed by atoms with Crippen LogP contribution in [0.4, 0.5) is 0 Å². The zero-order valence-electron chi connectivity index (χ0n) is 14.9. The normalized spacial score (nSPS) is 18.9. The summed E-state index contributed by atoms with van der Waals surface area (Å²) in [7, 11) is 0.747. The molecule has 2 N–H and O–H groups in total. The molecule has 1 heterocycles. The third kappa shape index (κ3) is 7.98. The summed E-state index contributed by atoms with van der Waals surface area (Å²) in [6.45, 7) is 4.63. The lowest BCUT2D eigenvalue weighted by Gasteiger charge is -2.12. The van der Waals surface area contributed by atoms with Crippen LogP contribution >= 0.6 is 0 Å². The maximum absolute atomic E-state index is 12.1. The van der Waals surface area contributed by atoms with Crippen LogP contribution in [0.2, 0.25) is 0 Å². The van der Waals surface area contributed by atoms with E-state index in [0.29, 0.717) is 18.2 Å². The van der Waals surface area contributed by atoms with Gasteiger partial charge in [-0.3, -0.25) is 9.20 Å². The van der Waals surface area contributed by atoms with Gasteiger partial charge in [-0.25, -0.2) is 0 Å². The minimum Gasteiger partial charge on any atom is -0.381 e. The summed E-state index contributed by atoms with van der Waals surface area (Å²) in [6.07, 6.45) is 2.03. The quantitative estimate of drug-likeness (QED) is 0.372. The second kappa shape index (κ2) is 12.0. The van der Waals surface area contributed by atoms with Gasteiger partial charge in [0.15, 0.2) is 5.96 Å². The first-order valence-electron chi connectivity index (χ1n) is 8.83. The van der Waals surface area contributed by atoms with Crippen LogP contribution in [0.5, 0.6) is 0 Å². The lowest BCUT2D eigenvalue weighted by molar-refractivity contribution is 0.0888. The molecule has 1 fully saturated rings. The molecule has 1 saturated heterocycles. The zero-order valence-corrected chi connectivity index (χ0v) is 15.7. The van der Waals surface area contributed by atoms with Gasteiger partial charge in [0, 0.05) is 49.9 Å². The number of benzene rings is 1. The monoisotopic (exact) mass is 367 g/mol. The molecule has 2 atom stereocenters. The molecule has 25 heavy (non-hydrogen) atoms. The van der Waals surface area contributed by atoms with Crippen molar-refractivity contribution in [2.24, 2.45) is 10.9 Å². The van der Waals surface area contributed by atoms with Crippen LogP contribution in [0, 0.1) is 5.92 Å². The second-order valence-electron chi connectivity index (χ2n) is 5.95. The third-order valence-corrected chi connectivity index (χ3v) is 5.32. The Morgan fingerprint density at radius 3 is 2.84 bits per heavy atom. The molecule has 7 heteroatoms. The average molecular weight is 368 g/mol. The standard InChI is InChI=1S/C18H29N3O3S/c1-19-18(20-9-5-11-23-14-16-8-12-24-15-16)21-10-13-25(22)17-6-3-2-4-7-17/h2-4,6-7,16H,5,8-15H2,1H3,(H2,19,20,21). The van der Waals surface area contributed by atoms with Crippen LogP contribution in [-0.2, 0) is 20.3 Å². The van der Waals surface area contributed by atoms with Crippen molar-refractivity contribution >= 4 is 16.8 Å². The summed E-state index contributed by atoms with van der Waals surface area (Å²) in [5.74, 6) is 1.85. The van der Waals surface area contributed by atoms with E-state index in [-0.39, 0.29) is 0 Å². The molecule has 0 aromatic heterocycles. The Morgan fingerprint density at radius 2 is 2.12 bits per heavy atom. The van der Waals surface area contributed by atoms with Crippen LogP contribution in [-0.4, -0.2) is 62.5 Å². The Morgan fingerprint density at radius 1 is 1.32 bits per heavy atom. The molecule has 0 spiro atoms. The van der Waals surface area contributed by atoms with Crippen LogP contribution in [0.1, 0.15) is 12.8 Å². The first-order valence-corrected chi connectivity index (χ1v) is 10.1. The first-order chi connectivity index (χ1) is 12.3. The second-order valence-corrected chi connectivity index (χ2v) is 7.52. The van der Waals surface area contributed by atoms with E-state index in [4.69, 9.17) is 9.47 Å². The molecular weight excluding hydrogens is 338 g/mol. The maximum Gasteiger partial charge on any atom is 0.191 e. The predicted molar refractivity (Wildman–Crippen MR) is 101 cm³/mol. The van der Waals surface area contributed by atoms with Crippen LogP contribution in [0.25, 0.3) is 0 Å². The molecule has 1 aromatic carbocycles. The highest BCUT2D eigenvalue weighted by Gasteiger charge is 2.15. The summed E-state index contributed by atoms with van der Waals surface area (Å²) in [5, 5.41) is 6.44. The van der Waals surface area contributed by atoms with Gasteiger partial charge in [-0.2, -0.15) is 0 Å². The molecule has 0 bridgehead atoms. The van der Waals surface area contributed by atoms with Gasteiger partial charge in [0.1, 0.15) is 0 Å². The molecular formula is C18H29N3O3S. The Hall–Kier alpha value is -1.44. The number of guanidine groups is 1. The van der Waals surface area contributed by atoms with Gasteiger partial charge in [-0.1, -0.05) is 18.2 Å². The fourth-order valence-electron chi connectivity index (χ4n) is 2.52. The summed E-state index contributed by atoms with van der Waals surface area (Å²) >= 11 is 0. The topological polar surface area (TPSA) is 72.0 Å². The molecule has 140 valence electrons. The largest absolute Gasteiger partial charge is 0.381 e. The van der Waals surface area contributed by atoms with Gasteiger partial charge >= 0.3 is 0 Å². The van der Waals surface area contributed by atoms with Crippen molar-refractivity contribution in [1.29, 1.82) is 0 Å². The minimum atomic E-state index is -0.989. The van der Waals surface area contributed by atoms with Gasteiger partial charge in [0.25, 0.3) is 0 Å². The number of hydrogen-bond donors (Lipinski definition) is 2. The van der Waals surface area contributed by atoms with Gasteiger partial charge in [-0.15, -0.1) is 0 Å². The van der Waals surface area contributed by atoms with Crippen LogP contribution < -0.4 is 10.6 Å². The molecule has 2 unspecified atom stereocenters. The number of rotatable bonds is 10. The SMILES string of the molecule is CN=C(NCCCOCC1CCOC1)NCCS(=O)c1ccccc1. The third-order valence-electron chi connectivity index (χ3n) is 3.95. The number of hydrogen-bond acceptors (Lipinski definition) is 4. The highest BCUT2D eigenvalue weighted by molar-refractivity contribution is 7.85. The Labute approximate surface area is 152 Å². The van der Waals surface area contributed by atoms with E-state index in [2.05, 4.69) is 15.6 Å². The van der Waals surface area contributed by atoms with Crippen LogP contribution in [0.15, 0.2) is 40.2 Å². The van der Waals surface area contributed by atoms with Crippen molar-refractivity contribution in [3.05, 3.63) is 30.3 Å². The summed E-state index contributed by atoms with van der Waals surface area (Å²) in [4.78, 5) is 5.03. The van der Waals surface area contributed by atoms with Crippen LogP contribution in [0.3, 0.4) is 0 Å². The fraction of sp³-hybridized carbons (Fsp3) is 0.611. The number of nitrogens with one attached hydrogen (secondary N) is 2. The Balaban J connectivity index is 1.51. The van der Waals surface area contributed by atoms with Gasteiger partial charge in [-0.05, 0) is 25.0 Å². The minimum absolute atomic E-state index is 0.553. The molecule has 2 rings (SSSR count). The summed E-state index contributed by atoms with van der Waals surface area (Å²) in [5.41, 5.74) is 0. The smallest absolute Gasteiger partial charge is 0.191 e. The lowest BCUT2D eigenvalue weighted by Crippen LogP contribution is -2.39.